The Hall–Kier alpha value is -2.33. The first kappa shape index (κ1) is 14.1. The van der Waals surface area contributed by atoms with Gasteiger partial charge in [0, 0.05) is 11.9 Å². The van der Waals surface area contributed by atoms with Gasteiger partial charge in [0.2, 0.25) is 0 Å². The highest BCUT2D eigenvalue weighted by Crippen LogP contribution is 2.21. The molecule has 0 aliphatic carbocycles. The SMILES string of the molecule is CC(=O)C(=N)N(Nc1ccccc1)c1cccc(Cl)c1. The summed E-state index contributed by atoms with van der Waals surface area (Å²) >= 11 is 5.97. The molecule has 0 unspecified atom stereocenters. The Morgan fingerprint density at radius 2 is 1.85 bits per heavy atom. The second-order valence-electron chi connectivity index (χ2n) is 4.20. The molecule has 4 nitrogen and oxygen atoms in total. The van der Waals surface area contributed by atoms with Crippen molar-refractivity contribution in [2.45, 2.75) is 6.92 Å². The zero-order valence-electron chi connectivity index (χ0n) is 10.9. The van der Waals surface area contributed by atoms with E-state index < -0.39 is 0 Å². The molecule has 0 amide bonds. The van der Waals surface area contributed by atoms with Crippen molar-refractivity contribution < 1.29 is 4.79 Å². The van der Waals surface area contributed by atoms with Gasteiger partial charge >= 0.3 is 0 Å². The first-order valence-corrected chi connectivity index (χ1v) is 6.42. The molecule has 0 bridgehead atoms. The van der Waals surface area contributed by atoms with E-state index in [9.17, 15) is 4.79 Å². The maximum atomic E-state index is 11.5. The van der Waals surface area contributed by atoms with Crippen LogP contribution in [0.3, 0.4) is 0 Å². The van der Waals surface area contributed by atoms with E-state index in [-0.39, 0.29) is 11.6 Å². The lowest BCUT2D eigenvalue weighted by Gasteiger charge is -2.25. The van der Waals surface area contributed by atoms with Crippen LogP contribution in [0, 0.1) is 5.41 Å². The molecular weight excluding hydrogens is 274 g/mol. The number of hydrazine groups is 1. The molecule has 0 saturated heterocycles. The highest BCUT2D eigenvalue weighted by molar-refractivity contribution is 6.42. The van der Waals surface area contributed by atoms with Crippen molar-refractivity contribution in [3.05, 3.63) is 59.6 Å². The fraction of sp³-hybridized carbons (Fsp3) is 0.0667. The number of ketones is 1. The Balaban J connectivity index is 2.35. The monoisotopic (exact) mass is 287 g/mol. The largest absolute Gasteiger partial charge is 0.292 e. The number of carbonyl (C=O) groups is 1. The highest BCUT2D eigenvalue weighted by Gasteiger charge is 2.16. The van der Waals surface area contributed by atoms with E-state index in [2.05, 4.69) is 5.43 Å². The predicted octanol–water partition coefficient (Wildman–Crippen LogP) is 3.74. The van der Waals surface area contributed by atoms with Gasteiger partial charge in [0.05, 0.1) is 11.4 Å². The Kier molecular flexibility index (Phi) is 4.38. The molecule has 2 aromatic carbocycles. The number of amidine groups is 1. The Labute approximate surface area is 122 Å². The Morgan fingerprint density at radius 3 is 2.45 bits per heavy atom. The summed E-state index contributed by atoms with van der Waals surface area (Å²) in [5.74, 6) is -0.496. The van der Waals surface area contributed by atoms with Gasteiger partial charge in [0.15, 0.2) is 11.6 Å². The van der Waals surface area contributed by atoms with E-state index in [1.165, 1.54) is 11.9 Å². The molecule has 0 aromatic heterocycles. The number of benzene rings is 2. The van der Waals surface area contributed by atoms with Crippen molar-refractivity contribution in [2.75, 3.05) is 10.4 Å². The fourth-order valence-electron chi connectivity index (χ4n) is 1.66. The van der Waals surface area contributed by atoms with Crippen LogP contribution in [0.2, 0.25) is 5.02 Å². The summed E-state index contributed by atoms with van der Waals surface area (Å²) in [6, 6.07) is 16.3. The van der Waals surface area contributed by atoms with Gasteiger partial charge in [-0.2, -0.15) is 0 Å². The summed E-state index contributed by atoms with van der Waals surface area (Å²) in [5.41, 5.74) is 4.44. The number of nitrogens with one attached hydrogen (secondary N) is 2. The van der Waals surface area contributed by atoms with Crippen LogP contribution in [0.5, 0.6) is 0 Å². The molecule has 0 aliphatic rings. The van der Waals surface area contributed by atoms with Gasteiger partial charge in [-0.05, 0) is 30.3 Å². The third-order valence-corrected chi connectivity index (χ3v) is 2.87. The van der Waals surface area contributed by atoms with Gasteiger partial charge in [0.25, 0.3) is 0 Å². The van der Waals surface area contributed by atoms with Crippen LogP contribution in [-0.2, 0) is 4.79 Å². The maximum Gasteiger partial charge on any atom is 0.196 e. The number of halogens is 1. The topological polar surface area (TPSA) is 56.2 Å². The van der Waals surface area contributed by atoms with E-state index in [1.54, 1.807) is 24.3 Å². The molecule has 0 atom stereocenters. The van der Waals surface area contributed by atoms with Gasteiger partial charge in [0.1, 0.15) is 0 Å². The summed E-state index contributed by atoms with van der Waals surface area (Å²) in [6.07, 6.45) is 0. The summed E-state index contributed by atoms with van der Waals surface area (Å²) in [6.45, 7) is 1.35. The number of nitrogens with zero attached hydrogens (tertiary/aromatic N) is 1. The van der Waals surface area contributed by atoms with Crippen molar-refractivity contribution in [2.24, 2.45) is 0 Å². The summed E-state index contributed by atoms with van der Waals surface area (Å²) in [5, 5.41) is 9.88. The lowest BCUT2D eigenvalue weighted by atomic mass is 10.2. The zero-order chi connectivity index (χ0) is 14.5. The van der Waals surface area contributed by atoms with Gasteiger partial charge in [-0.3, -0.25) is 15.6 Å². The predicted molar refractivity (Wildman–Crippen MR) is 82.4 cm³/mol. The third kappa shape index (κ3) is 3.36. The standard InChI is InChI=1S/C15H14ClN3O/c1-11(20)15(17)19(14-9-5-6-12(16)10-14)18-13-7-3-2-4-8-13/h2-10,17-18H,1H3. The van der Waals surface area contributed by atoms with Crippen molar-refractivity contribution in [3.8, 4) is 0 Å². The van der Waals surface area contributed by atoms with Crippen LogP contribution in [0.25, 0.3) is 0 Å². The molecule has 20 heavy (non-hydrogen) atoms. The Morgan fingerprint density at radius 1 is 1.15 bits per heavy atom. The van der Waals surface area contributed by atoms with Crippen LogP contribution in [0.1, 0.15) is 6.92 Å². The molecule has 2 aromatic rings. The van der Waals surface area contributed by atoms with Gasteiger partial charge in [-0.25, -0.2) is 5.01 Å². The van der Waals surface area contributed by atoms with Gasteiger partial charge < -0.3 is 0 Å². The quantitative estimate of drug-likeness (QED) is 0.512. The molecular formula is C15H14ClN3O. The molecule has 2 N–H and O–H groups in total. The molecule has 0 spiro atoms. The Bertz CT molecular complexity index is 628. The number of carbonyl (C=O) groups excluding carboxylic acids is 1. The first-order chi connectivity index (χ1) is 9.58. The summed E-state index contributed by atoms with van der Waals surface area (Å²) < 4.78 is 0. The molecule has 0 aliphatic heterocycles. The van der Waals surface area contributed by atoms with E-state index in [0.717, 1.165) is 5.69 Å². The molecule has 0 saturated carbocycles. The van der Waals surface area contributed by atoms with Crippen molar-refractivity contribution >= 4 is 34.6 Å². The number of rotatable bonds is 4. The smallest absolute Gasteiger partial charge is 0.196 e. The zero-order valence-corrected chi connectivity index (χ0v) is 11.7. The molecule has 0 radical (unpaired) electrons. The second kappa shape index (κ2) is 6.21. The van der Waals surface area contributed by atoms with Gasteiger partial charge in [-0.1, -0.05) is 35.9 Å². The van der Waals surface area contributed by atoms with E-state index in [4.69, 9.17) is 17.0 Å². The van der Waals surface area contributed by atoms with Crippen LogP contribution in [0.15, 0.2) is 54.6 Å². The maximum absolute atomic E-state index is 11.5. The minimum atomic E-state index is -0.339. The van der Waals surface area contributed by atoms with E-state index >= 15 is 0 Å². The van der Waals surface area contributed by atoms with Crippen molar-refractivity contribution in [3.63, 3.8) is 0 Å². The molecule has 0 heterocycles. The average Bonchev–Trinajstić information content (AvgIpc) is 2.45. The number of hydrogen-bond acceptors (Lipinski definition) is 3. The normalized spacial score (nSPS) is 9.90. The van der Waals surface area contributed by atoms with Crippen LogP contribution >= 0.6 is 11.6 Å². The second-order valence-corrected chi connectivity index (χ2v) is 4.63. The van der Waals surface area contributed by atoms with E-state index in [0.29, 0.717) is 10.7 Å². The number of anilines is 2. The summed E-state index contributed by atoms with van der Waals surface area (Å²) in [7, 11) is 0. The van der Waals surface area contributed by atoms with Crippen LogP contribution in [-0.4, -0.2) is 11.6 Å². The first-order valence-electron chi connectivity index (χ1n) is 6.05. The van der Waals surface area contributed by atoms with Crippen LogP contribution < -0.4 is 10.4 Å². The minimum Gasteiger partial charge on any atom is -0.292 e. The molecule has 2 rings (SSSR count). The molecule has 0 fully saturated rings. The lowest BCUT2D eigenvalue weighted by molar-refractivity contribution is -0.111. The molecule has 5 heteroatoms. The summed E-state index contributed by atoms with van der Waals surface area (Å²) in [4.78, 5) is 11.5. The van der Waals surface area contributed by atoms with E-state index in [1.807, 2.05) is 30.3 Å². The number of Topliss-reactive ketones (excluding diaryl/α,β-unsaturated/α-hetero) is 1. The van der Waals surface area contributed by atoms with Crippen molar-refractivity contribution in [1.29, 1.82) is 5.41 Å². The number of hydrogen-bond donors (Lipinski definition) is 2. The van der Waals surface area contributed by atoms with Crippen molar-refractivity contribution in [1.82, 2.24) is 0 Å². The molecule has 102 valence electrons. The number of para-hydroxylation sites is 1. The average molecular weight is 288 g/mol. The minimum absolute atomic E-state index is 0.156. The third-order valence-electron chi connectivity index (χ3n) is 2.64. The van der Waals surface area contributed by atoms with Gasteiger partial charge in [-0.15, -0.1) is 0 Å². The highest BCUT2D eigenvalue weighted by atomic mass is 35.5. The fourth-order valence-corrected chi connectivity index (χ4v) is 1.85. The lowest BCUT2D eigenvalue weighted by Crippen LogP contribution is -2.39. The van der Waals surface area contributed by atoms with Crippen LogP contribution in [0.4, 0.5) is 11.4 Å².